The lowest BCUT2D eigenvalue weighted by Gasteiger charge is -2.22. The molecule has 0 saturated carbocycles. The summed E-state index contributed by atoms with van der Waals surface area (Å²) in [6, 6.07) is 0. The second kappa shape index (κ2) is 6.70. The predicted octanol–water partition coefficient (Wildman–Crippen LogP) is -0.595. The molecule has 0 unspecified atom stereocenters. The van der Waals surface area contributed by atoms with Gasteiger partial charge >= 0.3 is 0 Å². The van der Waals surface area contributed by atoms with Crippen LogP contribution in [-0.2, 0) is 10.0 Å². The first-order chi connectivity index (χ1) is 7.30. The van der Waals surface area contributed by atoms with E-state index in [1.165, 1.54) is 0 Å². The Bertz CT molecular complexity index is 312. The maximum Gasteiger partial charge on any atom is 0.211 e. The number of nitrogens with zero attached hydrogens (tertiary/aromatic N) is 3. The Morgan fingerprint density at radius 3 is 2.06 bits per heavy atom. The summed E-state index contributed by atoms with van der Waals surface area (Å²) < 4.78 is 24.7. The van der Waals surface area contributed by atoms with Crippen molar-refractivity contribution in [3.63, 3.8) is 0 Å². The van der Waals surface area contributed by atoms with Crippen molar-refractivity contribution in [2.24, 2.45) is 4.99 Å². The Morgan fingerprint density at radius 1 is 1.19 bits per heavy atom. The third kappa shape index (κ3) is 5.92. The van der Waals surface area contributed by atoms with Gasteiger partial charge in [-0.2, -0.15) is 0 Å². The van der Waals surface area contributed by atoms with Gasteiger partial charge in [0.15, 0.2) is 5.96 Å². The number of hydrogen-bond donors (Lipinski definition) is 1. The Balaban J connectivity index is 4.17. The summed E-state index contributed by atoms with van der Waals surface area (Å²) in [5, 5.41) is 0. The Labute approximate surface area is 98.4 Å². The number of rotatable bonds is 5. The van der Waals surface area contributed by atoms with Crippen molar-refractivity contribution in [3.05, 3.63) is 0 Å². The molecule has 96 valence electrons. The van der Waals surface area contributed by atoms with Gasteiger partial charge in [0.25, 0.3) is 0 Å². The lowest BCUT2D eigenvalue weighted by Crippen LogP contribution is -2.36. The minimum absolute atomic E-state index is 0.102. The zero-order valence-corrected chi connectivity index (χ0v) is 11.5. The lowest BCUT2D eigenvalue weighted by molar-refractivity contribution is 0.479. The number of aliphatic imine (C=N–C) groups is 1. The summed E-state index contributed by atoms with van der Waals surface area (Å²) in [5.41, 5.74) is 0. The Hall–Kier alpha value is -0.820. The standard InChI is InChI=1S/C9H22N4O2S/c1-6-16(14,15)11-8-7-10-9(12(2)3)13(4)5/h11H,6-8H2,1-5H3. The van der Waals surface area contributed by atoms with Crippen LogP contribution in [0.5, 0.6) is 0 Å². The van der Waals surface area contributed by atoms with Crippen molar-refractivity contribution in [1.29, 1.82) is 0 Å². The maximum absolute atomic E-state index is 11.1. The summed E-state index contributed by atoms with van der Waals surface area (Å²) in [7, 11) is 4.49. The summed E-state index contributed by atoms with van der Waals surface area (Å²) in [6.45, 7) is 2.38. The fraction of sp³-hybridized carbons (Fsp3) is 0.889. The van der Waals surface area contributed by atoms with Crippen LogP contribution in [0.2, 0.25) is 0 Å². The molecule has 0 amide bonds. The van der Waals surface area contributed by atoms with Gasteiger partial charge in [0, 0.05) is 34.7 Å². The van der Waals surface area contributed by atoms with Crippen LogP contribution in [0.3, 0.4) is 0 Å². The molecule has 7 heteroatoms. The van der Waals surface area contributed by atoms with Gasteiger partial charge in [-0.25, -0.2) is 13.1 Å². The van der Waals surface area contributed by atoms with Crippen molar-refractivity contribution >= 4 is 16.0 Å². The normalized spacial score (nSPS) is 11.1. The van der Waals surface area contributed by atoms with Gasteiger partial charge in [0.1, 0.15) is 0 Å². The Kier molecular flexibility index (Phi) is 6.35. The van der Waals surface area contributed by atoms with Crippen LogP contribution in [0.15, 0.2) is 4.99 Å². The van der Waals surface area contributed by atoms with Crippen LogP contribution in [0, 0.1) is 0 Å². The molecule has 0 aliphatic heterocycles. The van der Waals surface area contributed by atoms with Gasteiger partial charge < -0.3 is 9.80 Å². The van der Waals surface area contributed by atoms with Crippen LogP contribution in [0.4, 0.5) is 0 Å². The van der Waals surface area contributed by atoms with Gasteiger partial charge in [-0.3, -0.25) is 4.99 Å². The van der Waals surface area contributed by atoms with Crippen molar-refractivity contribution in [2.45, 2.75) is 6.92 Å². The molecule has 0 fully saturated rings. The zero-order valence-electron chi connectivity index (χ0n) is 10.7. The highest BCUT2D eigenvalue weighted by atomic mass is 32.2. The van der Waals surface area contributed by atoms with Crippen molar-refractivity contribution in [3.8, 4) is 0 Å². The first kappa shape index (κ1) is 15.2. The molecule has 6 nitrogen and oxygen atoms in total. The van der Waals surface area contributed by atoms with E-state index >= 15 is 0 Å². The molecule has 0 bridgehead atoms. The molecule has 0 saturated heterocycles. The van der Waals surface area contributed by atoms with Crippen LogP contribution in [-0.4, -0.2) is 71.2 Å². The van der Waals surface area contributed by atoms with E-state index in [9.17, 15) is 8.42 Å². The highest BCUT2D eigenvalue weighted by Gasteiger charge is 2.06. The fourth-order valence-corrected chi connectivity index (χ4v) is 1.75. The molecule has 0 atom stereocenters. The van der Waals surface area contributed by atoms with E-state index in [-0.39, 0.29) is 5.75 Å². The van der Waals surface area contributed by atoms with Gasteiger partial charge in [-0.05, 0) is 6.92 Å². The van der Waals surface area contributed by atoms with Crippen LogP contribution >= 0.6 is 0 Å². The van der Waals surface area contributed by atoms with Gasteiger partial charge in [-0.1, -0.05) is 0 Å². The molecule has 0 aliphatic carbocycles. The molecular formula is C9H22N4O2S. The summed E-state index contributed by atoms with van der Waals surface area (Å²) in [4.78, 5) is 8.07. The van der Waals surface area contributed by atoms with Gasteiger partial charge in [0.2, 0.25) is 10.0 Å². The predicted molar refractivity (Wildman–Crippen MR) is 67.1 cm³/mol. The monoisotopic (exact) mass is 250 g/mol. The van der Waals surface area contributed by atoms with E-state index in [0.29, 0.717) is 13.1 Å². The number of hydrogen-bond acceptors (Lipinski definition) is 3. The maximum atomic E-state index is 11.1. The van der Waals surface area contributed by atoms with Crippen LogP contribution in [0.25, 0.3) is 0 Å². The average molecular weight is 250 g/mol. The largest absolute Gasteiger partial charge is 0.349 e. The third-order valence-electron chi connectivity index (χ3n) is 1.87. The van der Waals surface area contributed by atoms with E-state index in [0.717, 1.165) is 5.96 Å². The summed E-state index contributed by atoms with van der Waals surface area (Å²) >= 11 is 0. The number of guanidine groups is 1. The Morgan fingerprint density at radius 2 is 1.69 bits per heavy atom. The van der Waals surface area contributed by atoms with Crippen molar-refractivity contribution in [1.82, 2.24) is 14.5 Å². The molecular weight excluding hydrogens is 228 g/mol. The topological polar surface area (TPSA) is 65.0 Å². The van der Waals surface area contributed by atoms with E-state index in [2.05, 4.69) is 9.71 Å². The second-order valence-electron chi connectivity index (χ2n) is 3.77. The molecule has 0 aromatic rings. The van der Waals surface area contributed by atoms with Crippen molar-refractivity contribution < 1.29 is 8.42 Å². The smallest absolute Gasteiger partial charge is 0.211 e. The SMILES string of the molecule is CCS(=O)(=O)NCCN=C(N(C)C)N(C)C. The van der Waals surface area contributed by atoms with Gasteiger partial charge in [-0.15, -0.1) is 0 Å². The molecule has 0 aromatic carbocycles. The van der Waals surface area contributed by atoms with E-state index in [1.807, 2.05) is 38.0 Å². The van der Waals surface area contributed by atoms with E-state index < -0.39 is 10.0 Å². The first-order valence-corrected chi connectivity index (χ1v) is 6.81. The van der Waals surface area contributed by atoms with E-state index in [1.54, 1.807) is 6.92 Å². The van der Waals surface area contributed by atoms with Crippen LogP contribution < -0.4 is 4.72 Å². The molecule has 0 heterocycles. The van der Waals surface area contributed by atoms with Crippen LogP contribution in [0.1, 0.15) is 6.92 Å². The number of sulfonamides is 1. The fourth-order valence-electron chi connectivity index (χ4n) is 1.14. The quantitative estimate of drug-likeness (QED) is 0.402. The first-order valence-electron chi connectivity index (χ1n) is 5.16. The molecule has 0 aliphatic rings. The second-order valence-corrected chi connectivity index (χ2v) is 5.86. The highest BCUT2D eigenvalue weighted by molar-refractivity contribution is 7.89. The molecule has 0 aromatic heterocycles. The van der Waals surface area contributed by atoms with Crippen molar-refractivity contribution in [2.75, 3.05) is 47.0 Å². The molecule has 0 rings (SSSR count). The highest BCUT2D eigenvalue weighted by Crippen LogP contribution is 1.89. The minimum atomic E-state index is -3.10. The summed E-state index contributed by atoms with van der Waals surface area (Å²) in [5.74, 6) is 0.918. The molecule has 1 N–H and O–H groups in total. The number of nitrogens with one attached hydrogen (secondary N) is 1. The molecule has 0 radical (unpaired) electrons. The molecule has 0 spiro atoms. The zero-order chi connectivity index (χ0) is 12.8. The van der Waals surface area contributed by atoms with E-state index in [4.69, 9.17) is 0 Å². The van der Waals surface area contributed by atoms with Gasteiger partial charge in [0.05, 0.1) is 12.3 Å². The average Bonchev–Trinajstić information content (AvgIpc) is 2.16. The minimum Gasteiger partial charge on any atom is -0.349 e. The summed E-state index contributed by atoms with van der Waals surface area (Å²) in [6.07, 6.45) is 0. The third-order valence-corrected chi connectivity index (χ3v) is 3.27. The lowest BCUT2D eigenvalue weighted by atomic mass is 10.6. The molecule has 16 heavy (non-hydrogen) atoms.